The molecule has 7 heteroatoms. The van der Waals surface area contributed by atoms with Crippen LogP contribution >= 0.6 is 35.6 Å². The number of esters is 1. The molecular formula is C17H27ClIN3O2. The molecule has 1 aromatic carbocycles. The normalized spacial score (nSPS) is 11.0. The maximum absolute atomic E-state index is 11.5. The summed E-state index contributed by atoms with van der Waals surface area (Å²) in [7, 11) is 0. The number of aliphatic imine (C=N–C) groups is 1. The van der Waals surface area contributed by atoms with Crippen molar-refractivity contribution in [2.75, 3.05) is 19.6 Å². The van der Waals surface area contributed by atoms with Gasteiger partial charge < -0.3 is 15.4 Å². The van der Waals surface area contributed by atoms with Crippen LogP contribution in [0.1, 0.15) is 32.8 Å². The van der Waals surface area contributed by atoms with E-state index >= 15 is 0 Å². The lowest BCUT2D eigenvalue weighted by Gasteiger charge is -2.11. The molecular weight excluding hydrogens is 441 g/mol. The predicted octanol–water partition coefficient (Wildman–Crippen LogP) is 3.40. The summed E-state index contributed by atoms with van der Waals surface area (Å²) >= 11 is 5.97. The van der Waals surface area contributed by atoms with E-state index in [1.54, 1.807) is 0 Å². The van der Waals surface area contributed by atoms with E-state index in [4.69, 9.17) is 16.3 Å². The summed E-state index contributed by atoms with van der Waals surface area (Å²) in [4.78, 5) is 15.9. The van der Waals surface area contributed by atoms with Crippen molar-refractivity contribution >= 4 is 47.5 Å². The van der Waals surface area contributed by atoms with E-state index in [1.807, 2.05) is 45.0 Å². The molecule has 0 unspecified atom stereocenters. The van der Waals surface area contributed by atoms with Gasteiger partial charge in [-0.1, -0.05) is 23.7 Å². The summed E-state index contributed by atoms with van der Waals surface area (Å²) in [5.41, 5.74) is 1.17. The summed E-state index contributed by atoms with van der Waals surface area (Å²) in [6.07, 6.45) is 1.04. The van der Waals surface area contributed by atoms with Crippen LogP contribution in [-0.2, 0) is 16.0 Å². The summed E-state index contributed by atoms with van der Waals surface area (Å²) in [5, 5.41) is 7.14. The fourth-order valence-electron chi connectivity index (χ4n) is 1.94. The quantitative estimate of drug-likeness (QED) is 0.266. The van der Waals surface area contributed by atoms with E-state index in [1.165, 1.54) is 5.56 Å². The number of guanidine groups is 1. The van der Waals surface area contributed by atoms with Crippen LogP contribution in [0.5, 0.6) is 0 Å². The SMILES string of the molecule is CCNC(=NCCC(=O)OC(C)C)NCCc1cccc(Cl)c1.I. The Morgan fingerprint density at radius 1 is 1.33 bits per heavy atom. The number of carbonyl (C=O) groups excluding carboxylic acids is 1. The molecule has 0 atom stereocenters. The van der Waals surface area contributed by atoms with Crippen LogP contribution in [0.2, 0.25) is 5.02 Å². The van der Waals surface area contributed by atoms with Crippen molar-refractivity contribution in [2.45, 2.75) is 39.7 Å². The van der Waals surface area contributed by atoms with Gasteiger partial charge in [0.15, 0.2) is 5.96 Å². The molecule has 2 N–H and O–H groups in total. The number of halogens is 2. The molecule has 1 rings (SSSR count). The third-order valence-electron chi connectivity index (χ3n) is 2.89. The summed E-state index contributed by atoms with van der Waals surface area (Å²) in [6.45, 7) is 7.58. The van der Waals surface area contributed by atoms with Gasteiger partial charge in [-0.15, -0.1) is 24.0 Å². The van der Waals surface area contributed by atoms with Crippen LogP contribution in [0.4, 0.5) is 0 Å². The second kappa shape index (κ2) is 13.3. The third-order valence-corrected chi connectivity index (χ3v) is 3.13. The van der Waals surface area contributed by atoms with Crippen molar-refractivity contribution in [3.63, 3.8) is 0 Å². The monoisotopic (exact) mass is 467 g/mol. The van der Waals surface area contributed by atoms with Crippen LogP contribution in [0.3, 0.4) is 0 Å². The van der Waals surface area contributed by atoms with Crippen LogP contribution in [0, 0.1) is 0 Å². The highest BCUT2D eigenvalue weighted by Gasteiger charge is 2.05. The maximum Gasteiger partial charge on any atom is 0.307 e. The molecule has 0 bridgehead atoms. The van der Waals surface area contributed by atoms with E-state index in [0.717, 1.165) is 24.5 Å². The first kappa shape index (κ1) is 23.0. The molecule has 0 spiro atoms. The smallest absolute Gasteiger partial charge is 0.307 e. The van der Waals surface area contributed by atoms with E-state index in [0.29, 0.717) is 12.5 Å². The number of nitrogens with one attached hydrogen (secondary N) is 2. The molecule has 136 valence electrons. The number of benzene rings is 1. The second-order valence-electron chi connectivity index (χ2n) is 5.36. The average molecular weight is 468 g/mol. The van der Waals surface area contributed by atoms with Gasteiger partial charge in [-0.2, -0.15) is 0 Å². The highest BCUT2D eigenvalue weighted by Crippen LogP contribution is 2.10. The maximum atomic E-state index is 11.5. The predicted molar refractivity (Wildman–Crippen MR) is 110 cm³/mol. The minimum Gasteiger partial charge on any atom is -0.463 e. The topological polar surface area (TPSA) is 62.7 Å². The number of ether oxygens (including phenoxy) is 1. The lowest BCUT2D eigenvalue weighted by atomic mass is 10.1. The molecule has 0 aliphatic carbocycles. The van der Waals surface area contributed by atoms with Crippen molar-refractivity contribution in [3.05, 3.63) is 34.9 Å². The van der Waals surface area contributed by atoms with Gasteiger partial charge in [-0.3, -0.25) is 9.79 Å². The molecule has 5 nitrogen and oxygen atoms in total. The molecule has 0 heterocycles. The first-order valence-corrected chi connectivity index (χ1v) is 8.35. The van der Waals surface area contributed by atoms with Gasteiger partial charge in [0.25, 0.3) is 0 Å². The minimum atomic E-state index is -0.224. The third kappa shape index (κ3) is 10.7. The lowest BCUT2D eigenvalue weighted by molar-refractivity contribution is -0.147. The first-order valence-electron chi connectivity index (χ1n) is 7.97. The van der Waals surface area contributed by atoms with Gasteiger partial charge in [0, 0.05) is 18.1 Å². The van der Waals surface area contributed by atoms with Crippen molar-refractivity contribution < 1.29 is 9.53 Å². The Kier molecular flexibility index (Phi) is 12.7. The van der Waals surface area contributed by atoms with Crippen molar-refractivity contribution in [1.82, 2.24) is 10.6 Å². The number of nitrogens with zero attached hydrogens (tertiary/aromatic N) is 1. The van der Waals surface area contributed by atoms with Crippen LogP contribution in [0.25, 0.3) is 0 Å². The van der Waals surface area contributed by atoms with Crippen LogP contribution in [-0.4, -0.2) is 37.7 Å². The van der Waals surface area contributed by atoms with Gasteiger partial charge in [0.1, 0.15) is 0 Å². The van der Waals surface area contributed by atoms with E-state index in [-0.39, 0.29) is 42.5 Å². The van der Waals surface area contributed by atoms with E-state index in [2.05, 4.69) is 15.6 Å². The average Bonchev–Trinajstić information content (AvgIpc) is 2.46. The Morgan fingerprint density at radius 2 is 2.08 bits per heavy atom. The standard InChI is InChI=1S/C17H26ClN3O2.HI/c1-4-19-17(21-11-9-16(22)23-13(2)3)20-10-8-14-6-5-7-15(18)12-14;/h5-7,12-13H,4,8-11H2,1-3H3,(H2,19,20,21);1H. The zero-order chi connectivity index (χ0) is 17.1. The Balaban J connectivity index is 0.00000529. The molecule has 0 amide bonds. The Bertz CT molecular complexity index is 524. The van der Waals surface area contributed by atoms with E-state index in [9.17, 15) is 4.79 Å². The zero-order valence-electron chi connectivity index (χ0n) is 14.5. The molecule has 0 aliphatic heterocycles. The number of carbonyl (C=O) groups is 1. The molecule has 0 aromatic heterocycles. The van der Waals surface area contributed by atoms with Crippen molar-refractivity contribution in [2.24, 2.45) is 4.99 Å². The Morgan fingerprint density at radius 3 is 2.71 bits per heavy atom. The largest absolute Gasteiger partial charge is 0.463 e. The fraction of sp³-hybridized carbons (Fsp3) is 0.529. The molecule has 0 fully saturated rings. The minimum absolute atomic E-state index is 0. The van der Waals surface area contributed by atoms with Gasteiger partial charge in [-0.25, -0.2) is 0 Å². The molecule has 24 heavy (non-hydrogen) atoms. The molecule has 1 aromatic rings. The van der Waals surface area contributed by atoms with Gasteiger partial charge >= 0.3 is 5.97 Å². The highest BCUT2D eigenvalue weighted by molar-refractivity contribution is 14.0. The Labute approximate surface area is 166 Å². The molecule has 0 radical (unpaired) electrons. The fourth-order valence-corrected chi connectivity index (χ4v) is 2.15. The first-order chi connectivity index (χ1) is 11.0. The molecule has 0 saturated carbocycles. The summed E-state index contributed by atoms with van der Waals surface area (Å²) < 4.78 is 5.08. The summed E-state index contributed by atoms with van der Waals surface area (Å²) in [6, 6.07) is 7.80. The Hall–Kier alpha value is -1.02. The van der Waals surface area contributed by atoms with Gasteiger partial charge in [-0.05, 0) is 44.9 Å². The van der Waals surface area contributed by atoms with Crippen LogP contribution < -0.4 is 10.6 Å². The van der Waals surface area contributed by atoms with Crippen molar-refractivity contribution in [3.8, 4) is 0 Å². The molecule has 0 saturated heterocycles. The highest BCUT2D eigenvalue weighted by atomic mass is 127. The molecule has 0 aliphatic rings. The number of hydrogen-bond acceptors (Lipinski definition) is 3. The van der Waals surface area contributed by atoms with E-state index < -0.39 is 0 Å². The van der Waals surface area contributed by atoms with Crippen molar-refractivity contribution in [1.29, 1.82) is 0 Å². The lowest BCUT2D eigenvalue weighted by Crippen LogP contribution is -2.38. The van der Waals surface area contributed by atoms with Crippen LogP contribution in [0.15, 0.2) is 29.3 Å². The zero-order valence-corrected chi connectivity index (χ0v) is 17.6. The summed E-state index contributed by atoms with van der Waals surface area (Å²) in [5.74, 6) is 0.477. The van der Waals surface area contributed by atoms with Gasteiger partial charge in [0.2, 0.25) is 0 Å². The number of rotatable bonds is 8. The van der Waals surface area contributed by atoms with Gasteiger partial charge in [0.05, 0.1) is 19.1 Å². The second-order valence-corrected chi connectivity index (χ2v) is 5.79. The number of hydrogen-bond donors (Lipinski definition) is 2.